The van der Waals surface area contributed by atoms with Crippen molar-refractivity contribution < 1.29 is 24.2 Å². The molecular weight excluding hydrogens is 312 g/mol. The van der Waals surface area contributed by atoms with Crippen LogP contribution in [-0.4, -0.2) is 30.3 Å². The molecule has 0 bridgehead atoms. The number of carbonyl (C=O) groups excluding carboxylic acids is 2. The molecule has 0 fully saturated rings. The summed E-state index contributed by atoms with van der Waals surface area (Å²) >= 11 is 0. The molecule has 2 atom stereocenters. The molecule has 1 aromatic rings. The lowest BCUT2D eigenvalue weighted by atomic mass is 9.77. The number of nitrogens with zero attached hydrogens (tertiary/aromatic N) is 2. The lowest BCUT2D eigenvalue weighted by Gasteiger charge is -2.24. The van der Waals surface area contributed by atoms with E-state index in [1.165, 1.54) is 12.1 Å². The fraction of sp³-hybridized carbons (Fsp3) is 0.412. The zero-order chi connectivity index (χ0) is 18.1. The maximum atomic E-state index is 12.1. The first-order valence-electron chi connectivity index (χ1n) is 7.42. The predicted molar refractivity (Wildman–Crippen MR) is 82.3 cm³/mol. The zero-order valence-electron chi connectivity index (χ0n) is 13.4. The van der Waals surface area contributed by atoms with Crippen LogP contribution in [0.1, 0.15) is 25.3 Å². The van der Waals surface area contributed by atoms with Crippen molar-refractivity contribution in [2.24, 2.45) is 11.8 Å². The van der Waals surface area contributed by atoms with Crippen LogP contribution in [0.25, 0.3) is 0 Å². The number of carbonyl (C=O) groups is 2. The molecule has 0 aliphatic heterocycles. The summed E-state index contributed by atoms with van der Waals surface area (Å²) in [4.78, 5) is 24.2. The van der Waals surface area contributed by atoms with Gasteiger partial charge >= 0.3 is 11.9 Å². The van der Waals surface area contributed by atoms with Crippen molar-refractivity contribution in [1.82, 2.24) is 0 Å². The highest BCUT2D eigenvalue weighted by atomic mass is 16.5. The number of benzene rings is 1. The van der Waals surface area contributed by atoms with Gasteiger partial charge in [0.2, 0.25) is 0 Å². The number of rotatable bonds is 7. The Bertz CT molecular complexity index is 638. The van der Waals surface area contributed by atoms with Crippen LogP contribution < -0.4 is 0 Å². The highest BCUT2D eigenvalue weighted by molar-refractivity contribution is 5.82. The van der Waals surface area contributed by atoms with E-state index in [0.29, 0.717) is 0 Å². The average Bonchev–Trinajstić information content (AvgIpc) is 2.56. The standard InChI is InChI=1S/C17H18N2O5/c1-3-23-16(21)12(9-18)15(11-7-5-6-8-14(11)20)13(10-19)17(22)24-4-2/h5-8,12-13,15,20H,3-4H2,1-2H3. The van der Waals surface area contributed by atoms with Crippen molar-refractivity contribution >= 4 is 11.9 Å². The molecule has 1 aromatic carbocycles. The van der Waals surface area contributed by atoms with Crippen molar-refractivity contribution in [3.8, 4) is 17.9 Å². The molecule has 126 valence electrons. The summed E-state index contributed by atoms with van der Waals surface area (Å²) in [5.41, 5.74) is 0.136. The van der Waals surface area contributed by atoms with Gasteiger partial charge in [-0.05, 0) is 19.9 Å². The van der Waals surface area contributed by atoms with Gasteiger partial charge in [0.25, 0.3) is 0 Å². The fourth-order valence-electron chi connectivity index (χ4n) is 2.34. The van der Waals surface area contributed by atoms with E-state index in [1.807, 2.05) is 0 Å². The van der Waals surface area contributed by atoms with E-state index < -0.39 is 29.7 Å². The molecule has 1 N–H and O–H groups in total. The number of nitriles is 2. The minimum Gasteiger partial charge on any atom is -0.508 e. The van der Waals surface area contributed by atoms with Gasteiger partial charge in [0.05, 0.1) is 25.4 Å². The van der Waals surface area contributed by atoms with Gasteiger partial charge in [-0.2, -0.15) is 10.5 Å². The Balaban J connectivity index is 3.44. The summed E-state index contributed by atoms with van der Waals surface area (Å²) < 4.78 is 9.73. The molecule has 0 saturated heterocycles. The molecular formula is C17H18N2O5. The Labute approximate surface area is 140 Å². The van der Waals surface area contributed by atoms with E-state index in [2.05, 4.69) is 0 Å². The number of esters is 2. The molecule has 1 rings (SSSR count). The van der Waals surface area contributed by atoms with Gasteiger partial charge in [-0.3, -0.25) is 9.59 Å². The number of hydrogen-bond donors (Lipinski definition) is 1. The van der Waals surface area contributed by atoms with Crippen molar-refractivity contribution in [3.05, 3.63) is 29.8 Å². The SMILES string of the molecule is CCOC(=O)C(C#N)C(c1ccccc1O)C(C#N)C(=O)OCC. The van der Waals surface area contributed by atoms with E-state index in [0.717, 1.165) is 0 Å². The van der Waals surface area contributed by atoms with E-state index >= 15 is 0 Å². The van der Waals surface area contributed by atoms with Gasteiger partial charge < -0.3 is 14.6 Å². The van der Waals surface area contributed by atoms with Crippen LogP contribution >= 0.6 is 0 Å². The van der Waals surface area contributed by atoms with Crippen LogP contribution in [0, 0.1) is 34.5 Å². The van der Waals surface area contributed by atoms with Gasteiger partial charge in [0.15, 0.2) is 11.8 Å². The third-order valence-electron chi connectivity index (χ3n) is 3.37. The van der Waals surface area contributed by atoms with Crippen LogP contribution in [0.4, 0.5) is 0 Å². The van der Waals surface area contributed by atoms with E-state index in [9.17, 15) is 25.2 Å². The Kier molecular flexibility index (Phi) is 7.25. The van der Waals surface area contributed by atoms with E-state index in [4.69, 9.17) is 9.47 Å². The average molecular weight is 330 g/mol. The first-order chi connectivity index (χ1) is 11.5. The van der Waals surface area contributed by atoms with Crippen molar-refractivity contribution in [2.45, 2.75) is 19.8 Å². The first-order valence-corrected chi connectivity index (χ1v) is 7.42. The summed E-state index contributed by atoms with van der Waals surface area (Å²) in [5, 5.41) is 28.9. The van der Waals surface area contributed by atoms with Crippen LogP contribution in [0.5, 0.6) is 5.75 Å². The second-order valence-electron chi connectivity index (χ2n) is 4.80. The fourth-order valence-corrected chi connectivity index (χ4v) is 2.34. The third-order valence-corrected chi connectivity index (χ3v) is 3.37. The number of aromatic hydroxyl groups is 1. The Morgan fingerprint density at radius 1 is 1.04 bits per heavy atom. The number of phenols is 1. The maximum absolute atomic E-state index is 12.1. The first kappa shape index (κ1) is 19.0. The highest BCUT2D eigenvalue weighted by Crippen LogP contribution is 2.38. The summed E-state index contributed by atoms with van der Waals surface area (Å²) in [6, 6.07) is 9.48. The van der Waals surface area contributed by atoms with Gasteiger partial charge in [0.1, 0.15) is 5.75 Å². The molecule has 0 spiro atoms. The molecule has 2 unspecified atom stereocenters. The third kappa shape index (κ3) is 4.23. The molecule has 7 nitrogen and oxygen atoms in total. The summed E-state index contributed by atoms with van der Waals surface area (Å²) in [6.07, 6.45) is 0. The molecule has 0 heterocycles. The molecule has 0 aliphatic rings. The number of ether oxygens (including phenoxy) is 2. The summed E-state index contributed by atoms with van der Waals surface area (Å²) in [7, 11) is 0. The maximum Gasteiger partial charge on any atom is 0.324 e. The molecule has 0 saturated carbocycles. The van der Waals surface area contributed by atoms with Gasteiger partial charge in [0, 0.05) is 11.5 Å². The lowest BCUT2D eigenvalue weighted by Crippen LogP contribution is -2.33. The normalized spacial score (nSPS) is 13.7. The Morgan fingerprint density at radius 2 is 1.50 bits per heavy atom. The molecule has 0 amide bonds. The number of para-hydroxylation sites is 1. The largest absolute Gasteiger partial charge is 0.508 e. The number of hydrogen-bond acceptors (Lipinski definition) is 7. The second-order valence-corrected chi connectivity index (χ2v) is 4.80. The van der Waals surface area contributed by atoms with Gasteiger partial charge in [-0.15, -0.1) is 0 Å². The topological polar surface area (TPSA) is 120 Å². The van der Waals surface area contributed by atoms with Gasteiger partial charge in [-0.1, -0.05) is 18.2 Å². The summed E-state index contributed by atoms with van der Waals surface area (Å²) in [5.74, 6) is -6.04. The monoisotopic (exact) mass is 330 g/mol. The minimum absolute atomic E-state index is 0.0428. The van der Waals surface area contributed by atoms with Crippen LogP contribution in [0.15, 0.2) is 24.3 Å². The Hall–Kier alpha value is -3.06. The smallest absolute Gasteiger partial charge is 0.324 e. The van der Waals surface area contributed by atoms with Crippen molar-refractivity contribution in [3.63, 3.8) is 0 Å². The molecule has 7 heteroatoms. The van der Waals surface area contributed by atoms with E-state index in [-0.39, 0.29) is 24.5 Å². The molecule has 0 aromatic heterocycles. The highest BCUT2D eigenvalue weighted by Gasteiger charge is 2.42. The van der Waals surface area contributed by atoms with Crippen molar-refractivity contribution in [2.75, 3.05) is 13.2 Å². The van der Waals surface area contributed by atoms with Crippen LogP contribution in [-0.2, 0) is 19.1 Å². The molecule has 24 heavy (non-hydrogen) atoms. The second kappa shape index (κ2) is 9.16. The molecule has 0 radical (unpaired) electrons. The van der Waals surface area contributed by atoms with Crippen LogP contribution in [0.2, 0.25) is 0 Å². The zero-order valence-corrected chi connectivity index (χ0v) is 13.4. The quantitative estimate of drug-likeness (QED) is 0.758. The van der Waals surface area contributed by atoms with Gasteiger partial charge in [-0.25, -0.2) is 0 Å². The van der Waals surface area contributed by atoms with Crippen molar-refractivity contribution in [1.29, 1.82) is 10.5 Å². The Morgan fingerprint density at radius 3 is 1.88 bits per heavy atom. The lowest BCUT2D eigenvalue weighted by molar-refractivity contribution is -0.150. The molecule has 0 aliphatic carbocycles. The minimum atomic E-state index is -1.44. The predicted octanol–water partition coefficient (Wildman–Crippen LogP) is 1.88. The van der Waals surface area contributed by atoms with E-state index in [1.54, 1.807) is 38.1 Å². The summed E-state index contributed by atoms with van der Waals surface area (Å²) in [6.45, 7) is 3.24. The number of phenolic OH excluding ortho intramolecular Hbond substituents is 1. The van der Waals surface area contributed by atoms with Crippen LogP contribution in [0.3, 0.4) is 0 Å².